The number of nitrogens with one attached hydrogen (secondary N) is 1. The Balaban J connectivity index is 2.07. The number of nitrogens with zero attached hydrogens (tertiary/aromatic N) is 3. The maximum Gasteiger partial charge on any atom is 0.271 e. The van der Waals surface area contributed by atoms with Gasteiger partial charge < -0.3 is 9.88 Å². The summed E-state index contributed by atoms with van der Waals surface area (Å²) in [6, 6.07) is 6.41. The number of hydrogen-bond donors (Lipinski definition) is 1. The van der Waals surface area contributed by atoms with Crippen molar-refractivity contribution in [3.63, 3.8) is 0 Å². The van der Waals surface area contributed by atoms with Crippen LogP contribution in [0.5, 0.6) is 0 Å². The molecule has 0 aliphatic carbocycles. The fourth-order valence-corrected chi connectivity index (χ4v) is 1.48. The van der Waals surface area contributed by atoms with Crippen molar-refractivity contribution < 1.29 is 4.92 Å². The Morgan fingerprint density at radius 3 is 3.00 bits per heavy atom. The molecule has 2 aromatic rings. The van der Waals surface area contributed by atoms with E-state index in [-0.39, 0.29) is 5.69 Å². The van der Waals surface area contributed by atoms with Crippen LogP contribution in [0.2, 0.25) is 0 Å². The minimum absolute atomic E-state index is 0.0786. The normalized spacial score (nSPS) is 10.2. The molecule has 0 unspecified atom stereocenters. The first-order valence-electron chi connectivity index (χ1n) is 5.11. The van der Waals surface area contributed by atoms with Gasteiger partial charge in [-0.25, -0.2) is 4.98 Å². The first-order chi connectivity index (χ1) is 8.16. The van der Waals surface area contributed by atoms with Gasteiger partial charge in [-0.1, -0.05) is 6.07 Å². The highest BCUT2D eigenvalue weighted by Gasteiger charge is 2.05. The second kappa shape index (κ2) is 4.65. The van der Waals surface area contributed by atoms with E-state index in [2.05, 4.69) is 10.3 Å². The van der Waals surface area contributed by atoms with Crippen molar-refractivity contribution in [2.24, 2.45) is 7.05 Å². The largest absolute Gasteiger partial charge is 0.378 e. The number of aryl methyl sites for hydroxylation is 1. The minimum atomic E-state index is -0.411. The Hall–Kier alpha value is -2.37. The van der Waals surface area contributed by atoms with Gasteiger partial charge in [0.2, 0.25) is 0 Å². The molecule has 0 aliphatic heterocycles. The van der Waals surface area contributed by atoms with Crippen LogP contribution in [-0.2, 0) is 13.6 Å². The summed E-state index contributed by atoms with van der Waals surface area (Å²) in [6.45, 7) is 0.532. The predicted molar refractivity (Wildman–Crippen MR) is 63.6 cm³/mol. The van der Waals surface area contributed by atoms with Crippen LogP contribution in [0.15, 0.2) is 36.7 Å². The molecule has 0 saturated carbocycles. The van der Waals surface area contributed by atoms with E-state index in [0.717, 1.165) is 5.82 Å². The fourth-order valence-electron chi connectivity index (χ4n) is 1.48. The molecule has 17 heavy (non-hydrogen) atoms. The zero-order chi connectivity index (χ0) is 12.3. The van der Waals surface area contributed by atoms with Gasteiger partial charge in [-0.2, -0.15) is 0 Å². The van der Waals surface area contributed by atoms with E-state index >= 15 is 0 Å². The lowest BCUT2D eigenvalue weighted by Crippen LogP contribution is -2.05. The van der Waals surface area contributed by atoms with Gasteiger partial charge in [0.1, 0.15) is 5.82 Å². The van der Waals surface area contributed by atoms with Gasteiger partial charge in [-0.15, -0.1) is 0 Å². The Bertz CT molecular complexity index is 536. The van der Waals surface area contributed by atoms with Crippen LogP contribution in [0, 0.1) is 10.1 Å². The first-order valence-corrected chi connectivity index (χ1v) is 5.11. The van der Waals surface area contributed by atoms with Crippen LogP contribution >= 0.6 is 0 Å². The summed E-state index contributed by atoms with van der Waals surface area (Å²) in [4.78, 5) is 14.3. The third kappa shape index (κ3) is 2.60. The van der Waals surface area contributed by atoms with Crippen molar-refractivity contribution in [3.05, 3.63) is 52.6 Å². The van der Waals surface area contributed by atoms with Crippen LogP contribution in [0.25, 0.3) is 0 Å². The fraction of sp³-hybridized carbons (Fsp3) is 0.182. The summed E-state index contributed by atoms with van der Waals surface area (Å²) in [6.07, 6.45) is 3.56. The molecule has 0 amide bonds. The average molecular weight is 232 g/mol. The Kier molecular flexibility index (Phi) is 3.04. The molecule has 0 atom stereocenters. The highest BCUT2D eigenvalue weighted by Crippen LogP contribution is 2.17. The zero-order valence-electron chi connectivity index (χ0n) is 9.33. The van der Waals surface area contributed by atoms with Gasteiger partial charge in [-0.05, 0) is 6.07 Å². The molecule has 6 heteroatoms. The standard InChI is InChI=1S/C11H12N4O2/c1-14-6-5-12-11(14)8-13-9-3-2-4-10(7-9)15(16)17/h2-7,13H,8H2,1H3. The van der Waals surface area contributed by atoms with Gasteiger partial charge in [0.25, 0.3) is 5.69 Å². The molecule has 0 bridgehead atoms. The smallest absolute Gasteiger partial charge is 0.271 e. The molecule has 88 valence electrons. The Morgan fingerprint density at radius 2 is 2.35 bits per heavy atom. The number of imidazole rings is 1. The molecular weight excluding hydrogens is 220 g/mol. The van der Waals surface area contributed by atoms with Crippen LogP contribution in [0.4, 0.5) is 11.4 Å². The van der Waals surface area contributed by atoms with Crippen LogP contribution in [-0.4, -0.2) is 14.5 Å². The number of aromatic nitrogens is 2. The van der Waals surface area contributed by atoms with Gasteiger partial charge in [0.05, 0.1) is 11.5 Å². The Morgan fingerprint density at radius 1 is 1.53 bits per heavy atom. The number of anilines is 1. The molecule has 0 radical (unpaired) electrons. The SMILES string of the molecule is Cn1ccnc1CNc1cccc([N+](=O)[O-])c1. The second-order valence-electron chi connectivity index (χ2n) is 3.62. The van der Waals surface area contributed by atoms with E-state index in [0.29, 0.717) is 12.2 Å². The summed E-state index contributed by atoms with van der Waals surface area (Å²) < 4.78 is 1.89. The summed E-state index contributed by atoms with van der Waals surface area (Å²) in [5, 5.41) is 13.7. The molecule has 1 heterocycles. The molecule has 1 N–H and O–H groups in total. The van der Waals surface area contributed by atoms with Crippen LogP contribution in [0.1, 0.15) is 5.82 Å². The van der Waals surface area contributed by atoms with Gasteiger partial charge in [0, 0.05) is 37.3 Å². The molecule has 6 nitrogen and oxygen atoms in total. The highest BCUT2D eigenvalue weighted by atomic mass is 16.6. The number of nitro benzene ring substituents is 1. The van der Waals surface area contributed by atoms with E-state index < -0.39 is 4.92 Å². The van der Waals surface area contributed by atoms with E-state index in [9.17, 15) is 10.1 Å². The average Bonchev–Trinajstić information content (AvgIpc) is 2.72. The second-order valence-corrected chi connectivity index (χ2v) is 3.62. The van der Waals surface area contributed by atoms with Crippen molar-refractivity contribution in [3.8, 4) is 0 Å². The lowest BCUT2D eigenvalue weighted by Gasteiger charge is -2.05. The number of hydrogen-bond acceptors (Lipinski definition) is 4. The van der Waals surface area contributed by atoms with E-state index in [4.69, 9.17) is 0 Å². The van der Waals surface area contributed by atoms with Crippen LogP contribution < -0.4 is 5.32 Å². The summed E-state index contributed by atoms with van der Waals surface area (Å²) >= 11 is 0. The monoisotopic (exact) mass is 232 g/mol. The lowest BCUT2D eigenvalue weighted by atomic mass is 10.3. The number of non-ortho nitro benzene ring substituents is 1. The number of rotatable bonds is 4. The number of nitro groups is 1. The van der Waals surface area contributed by atoms with E-state index in [1.54, 1.807) is 18.3 Å². The molecule has 0 spiro atoms. The van der Waals surface area contributed by atoms with Crippen molar-refractivity contribution in [1.29, 1.82) is 0 Å². The third-order valence-corrected chi connectivity index (χ3v) is 2.43. The van der Waals surface area contributed by atoms with Crippen molar-refractivity contribution in [2.75, 3.05) is 5.32 Å². The van der Waals surface area contributed by atoms with Crippen LogP contribution in [0.3, 0.4) is 0 Å². The molecule has 0 aliphatic rings. The summed E-state index contributed by atoms with van der Waals surface area (Å²) in [5.41, 5.74) is 0.789. The maximum absolute atomic E-state index is 10.6. The summed E-state index contributed by atoms with van der Waals surface area (Å²) in [5.74, 6) is 0.872. The first kappa shape index (κ1) is 11.1. The van der Waals surface area contributed by atoms with E-state index in [1.165, 1.54) is 12.1 Å². The maximum atomic E-state index is 10.6. The topological polar surface area (TPSA) is 73.0 Å². The Labute approximate surface area is 98.1 Å². The molecule has 2 rings (SSSR count). The van der Waals surface area contributed by atoms with Gasteiger partial charge in [0.15, 0.2) is 0 Å². The van der Waals surface area contributed by atoms with Crippen molar-refractivity contribution in [1.82, 2.24) is 9.55 Å². The quantitative estimate of drug-likeness (QED) is 0.645. The van der Waals surface area contributed by atoms with Gasteiger partial charge in [-0.3, -0.25) is 10.1 Å². The number of benzene rings is 1. The predicted octanol–water partition coefficient (Wildman–Crippen LogP) is 1.94. The van der Waals surface area contributed by atoms with Crippen molar-refractivity contribution >= 4 is 11.4 Å². The lowest BCUT2D eigenvalue weighted by molar-refractivity contribution is -0.384. The van der Waals surface area contributed by atoms with Gasteiger partial charge >= 0.3 is 0 Å². The molecular formula is C11H12N4O2. The molecule has 0 fully saturated rings. The highest BCUT2D eigenvalue weighted by molar-refractivity contribution is 5.50. The van der Waals surface area contributed by atoms with E-state index in [1.807, 2.05) is 17.8 Å². The van der Waals surface area contributed by atoms with Crippen molar-refractivity contribution in [2.45, 2.75) is 6.54 Å². The molecule has 0 saturated heterocycles. The third-order valence-electron chi connectivity index (χ3n) is 2.43. The summed E-state index contributed by atoms with van der Waals surface area (Å²) in [7, 11) is 1.90. The molecule has 1 aromatic heterocycles. The molecule has 1 aromatic carbocycles. The zero-order valence-corrected chi connectivity index (χ0v) is 9.33. The minimum Gasteiger partial charge on any atom is -0.378 e.